The Balaban J connectivity index is 1.39. The van der Waals surface area contributed by atoms with Gasteiger partial charge in [0.1, 0.15) is 0 Å². The lowest BCUT2D eigenvalue weighted by Gasteiger charge is -2.37. The lowest BCUT2D eigenvalue weighted by Crippen LogP contribution is -2.40. The summed E-state index contributed by atoms with van der Waals surface area (Å²) in [5.41, 5.74) is 0.586. The Morgan fingerprint density at radius 2 is 1.60 bits per heavy atom. The molecule has 0 unspecified atom stereocenters. The molecule has 2 saturated carbocycles. The highest BCUT2D eigenvalue weighted by atomic mass is 16.6. The average molecular weight is 337 g/mol. The maximum absolute atomic E-state index is 12.7. The van der Waals surface area contributed by atoms with Crippen molar-refractivity contribution in [3.8, 4) is 0 Å². The van der Waals surface area contributed by atoms with Gasteiger partial charge in [-0.3, -0.25) is 19.7 Å². The molecule has 7 heteroatoms. The molecule has 1 aliphatic heterocycles. The number of hydrogen-bond acceptors (Lipinski definition) is 5. The third-order valence-corrected chi connectivity index (χ3v) is 6.07. The Kier molecular flexibility index (Phi) is 2.81. The fourth-order valence-electron chi connectivity index (χ4n) is 4.86. The molecule has 0 radical (unpaired) electrons. The number of allylic oxidation sites excluding steroid dienone is 2. The van der Waals surface area contributed by atoms with Gasteiger partial charge in [-0.2, -0.15) is 10.1 Å². The zero-order valence-electron chi connectivity index (χ0n) is 13.2. The van der Waals surface area contributed by atoms with Gasteiger partial charge in [-0.15, -0.1) is 0 Å². The topological polar surface area (TPSA) is 92.9 Å². The smallest absolute Gasteiger partial charge is 0.269 e. The van der Waals surface area contributed by atoms with Gasteiger partial charge in [-0.25, -0.2) is 0 Å². The summed E-state index contributed by atoms with van der Waals surface area (Å²) in [6.07, 6.45) is 6.78. The van der Waals surface area contributed by atoms with Crippen LogP contribution in [0.15, 0.2) is 41.5 Å². The van der Waals surface area contributed by atoms with E-state index < -0.39 is 4.92 Å². The van der Waals surface area contributed by atoms with Crippen LogP contribution in [-0.4, -0.2) is 28.0 Å². The largest absolute Gasteiger partial charge is 0.272 e. The fraction of sp³-hybridized carbons (Fsp3) is 0.389. The number of hydrazone groups is 1. The first-order chi connectivity index (χ1) is 12.1. The van der Waals surface area contributed by atoms with Gasteiger partial charge in [0.25, 0.3) is 17.5 Å². The number of carbonyl (C=O) groups is 2. The van der Waals surface area contributed by atoms with E-state index >= 15 is 0 Å². The van der Waals surface area contributed by atoms with Crippen LogP contribution in [0.4, 0.5) is 5.69 Å². The molecule has 126 valence electrons. The van der Waals surface area contributed by atoms with E-state index in [-0.39, 0.29) is 41.2 Å². The van der Waals surface area contributed by atoms with Crippen LogP contribution in [-0.2, 0) is 9.59 Å². The Bertz CT molecular complexity index is 824. The molecule has 1 aromatic rings. The summed E-state index contributed by atoms with van der Waals surface area (Å²) in [4.78, 5) is 35.7. The molecular formula is C18H15N3O4. The molecule has 25 heavy (non-hydrogen) atoms. The molecule has 1 heterocycles. The van der Waals surface area contributed by atoms with Gasteiger partial charge in [0.05, 0.1) is 23.0 Å². The minimum absolute atomic E-state index is 0.0154. The molecule has 4 aliphatic carbocycles. The lowest BCUT2D eigenvalue weighted by atomic mass is 9.63. The Morgan fingerprint density at radius 1 is 1.04 bits per heavy atom. The van der Waals surface area contributed by atoms with Crippen molar-refractivity contribution in [2.75, 3.05) is 0 Å². The fourth-order valence-corrected chi connectivity index (χ4v) is 4.86. The van der Waals surface area contributed by atoms with E-state index in [1.165, 1.54) is 18.3 Å². The van der Waals surface area contributed by atoms with Crippen LogP contribution in [0, 0.1) is 45.6 Å². The molecule has 0 N–H and O–H groups in total. The van der Waals surface area contributed by atoms with Crippen molar-refractivity contribution in [1.82, 2.24) is 5.01 Å². The minimum Gasteiger partial charge on any atom is -0.272 e. The van der Waals surface area contributed by atoms with Gasteiger partial charge in [0.2, 0.25) is 0 Å². The Hall–Kier alpha value is -2.83. The normalized spacial score (nSPS) is 37.5. The van der Waals surface area contributed by atoms with Crippen molar-refractivity contribution < 1.29 is 14.5 Å². The van der Waals surface area contributed by atoms with Crippen LogP contribution >= 0.6 is 0 Å². The first kappa shape index (κ1) is 14.5. The molecule has 0 aromatic heterocycles. The molecule has 3 fully saturated rings. The first-order valence-electron chi connectivity index (χ1n) is 8.41. The van der Waals surface area contributed by atoms with E-state index in [1.807, 2.05) is 0 Å². The number of rotatable bonds is 3. The maximum Gasteiger partial charge on any atom is 0.269 e. The van der Waals surface area contributed by atoms with Gasteiger partial charge >= 0.3 is 0 Å². The lowest BCUT2D eigenvalue weighted by molar-refractivity contribution is -0.384. The van der Waals surface area contributed by atoms with Crippen LogP contribution in [0.5, 0.6) is 0 Å². The number of hydrogen-bond donors (Lipinski definition) is 0. The van der Waals surface area contributed by atoms with Crippen molar-refractivity contribution >= 4 is 23.7 Å². The number of carbonyl (C=O) groups excluding carboxylic acids is 2. The monoisotopic (exact) mass is 337 g/mol. The number of nitro benzene ring substituents is 1. The molecular weight excluding hydrogens is 322 g/mol. The molecule has 0 spiro atoms. The summed E-state index contributed by atoms with van der Waals surface area (Å²) in [6.45, 7) is 0. The van der Waals surface area contributed by atoms with Crippen LogP contribution in [0.1, 0.15) is 12.0 Å². The number of benzene rings is 1. The number of nitrogens with zero attached hydrogens (tertiary/aromatic N) is 3. The Labute approximate surface area is 143 Å². The summed E-state index contributed by atoms with van der Waals surface area (Å²) in [6, 6.07) is 5.82. The maximum atomic E-state index is 12.7. The van der Waals surface area contributed by atoms with Gasteiger partial charge in [0.15, 0.2) is 0 Å². The summed E-state index contributed by atoms with van der Waals surface area (Å²) < 4.78 is 0. The van der Waals surface area contributed by atoms with Crippen LogP contribution < -0.4 is 0 Å². The second kappa shape index (κ2) is 4.84. The molecule has 6 atom stereocenters. The zero-order chi connectivity index (χ0) is 17.3. The molecule has 2 amide bonds. The SMILES string of the molecule is O=C1[C@@H]2[C@H]3C=C[C@H]([C@@H]4C[C@H]34)[C@@H]2C(=O)N1/N=C\c1ccc([N+](=O)[O-])cc1. The molecule has 1 saturated heterocycles. The van der Waals surface area contributed by atoms with E-state index in [0.717, 1.165) is 11.4 Å². The van der Waals surface area contributed by atoms with E-state index in [9.17, 15) is 19.7 Å². The minimum atomic E-state index is -0.479. The van der Waals surface area contributed by atoms with Crippen LogP contribution in [0.25, 0.3) is 0 Å². The quantitative estimate of drug-likeness (QED) is 0.277. The number of nitro groups is 1. The van der Waals surface area contributed by atoms with E-state index in [0.29, 0.717) is 17.4 Å². The summed E-state index contributed by atoms with van der Waals surface area (Å²) >= 11 is 0. The third kappa shape index (κ3) is 1.95. The second-order valence-electron chi connectivity index (χ2n) is 7.24. The summed E-state index contributed by atoms with van der Waals surface area (Å²) in [5.74, 6) is 0.529. The van der Waals surface area contributed by atoms with Crippen molar-refractivity contribution in [3.63, 3.8) is 0 Å². The van der Waals surface area contributed by atoms with Crippen LogP contribution in [0.2, 0.25) is 0 Å². The van der Waals surface area contributed by atoms with Crippen molar-refractivity contribution in [1.29, 1.82) is 0 Å². The van der Waals surface area contributed by atoms with Gasteiger partial charge in [-0.05, 0) is 47.8 Å². The second-order valence-corrected chi connectivity index (χ2v) is 7.24. The molecule has 7 nitrogen and oxygen atoms in total. The van der Waals surface area contributed by atoms with Crippen molar-refractivity contribution in [2.45, 2.75) is 6.42 Å². The van der Waals surface area contributed by atoms with Gasteiger partial charge < -0.3 is 0 Å². The highest BCUT2D eigenvalue weighted by Gasteiger charge is 2.67. The standard InChI is InChI=1S/C18H15N3O4/c22-17-15-11-5-6-12(14-7-13(11)14)16(15)18(23)20(17)19-8-9-1-3-10(4-2-9)21(24)25/h1-6,8,11-16H,7H2/b19-8-/t11-,12+,13+,14-,15+,16-. The molecule has 5 aliphatic rings. The highest BCUT2D eigenvalue weighted by Crippen LogP contribution is 2.65. The predicted molar refractivity (Wildman–Crippen MR) is 87.2 cm³/mol. The van der Waals surface area contributed by atoms with Crippen molar-refractivity contribution in [2.24, 2.45) is 40.6 Å². The zero-order valence-corrected chi connectivity index (χ0v) is 13.2. The Morgan fingerprint density at radius 3 is 2.12 bits per heavy atom. The molecule has 6 rings (SSSR count). The summed E-state index contributed by atoms with van der Waals surface area (Å²) in [5, 5.41) is 15.8. The van der Waals surface area contributed by atoms with E-state index in [1.54, 1.807) is 12.1 Å². The first-order valence-corrected chi connectivity index (χ1v) is 8.41. The molecule has 2 bridgehead atoms. The van der Waals surface area contributed by atoms with Gasteiger partial charge in [-0.1, -0.05) is 12.2 Å². The average Bonchev–Trinajstić information content (AvgIpc) is 3.39. The molecule has 1 aromatic carbocycles. The van der Waals surface area contributed by atoms with Gasteiger partial charge in [0, 0.05) is 12.1 Å². The summed E-state index contributed by atoms with van der Waals surface area (Å²) in [7, 11) is 0. The third-order valence-electron chi connectivity index (χ3n) is 6.07. The van der Waals surface area contributed by atoms with E-state index in [2.05, 4.69) is 17.3 Å². The number of non-ortho nitro benzene ring substituents is 1. The number of imide groups is 1. The van der Waals surface area contributed by atoms with E-state index in [4.69, 9.17) is 0 Å². The highest BCUT2D eigenvalue weighted by molar-refractivity contribution is 6.06. The van der Waals surface area contributed by atoms with Crippen LogP contribution in [0.3, 0.4) is 0 Å². The van der Waals surface area contributed by atoms with Crippen molar-refractivity contribution in [3.05, 3.63) is 52.1 Å². The predicted octanol–water partition coefficient (Wildman–Crippen LogP) is 1.98. The number of amides is 2.